The SMILES string of the molecule is CC(C)c1ccc(N[C@H]2CCCN(C(=O)CC3CCN(C)CC3)C2)cc1. The predicted molar refractivity (Wildman–Crippen MR) is 109 cm³/mol. The second-order valence-corrected chi connectivity index (χ2v) is 8.55. The van der Waals surface area contributed by atoms with Crippen molar-refractivity contribution in [2.75, 3.05) is 38.5 Å². The van der Waals surface area contributed by atoms with Crippen LogP contribution < -0.4 is 5.32 Å². The fourth-order valence-corrected chi connectivity index (χ4v) is 4.16. The first-order chi connectivity index (χ1) is 12.5. The van der Waals surface area contributed by atoms with Crippen molar-refractivity contribution in [3.05, 3.63) is 29.8 Å². The van der Waals surface area contributed by atoms with Crippen molar-refractivity contribution < 1.29 is 4.79 Å². The number of nitrogens with zero attached hydrogens (tertiary/aromatic N) is 2. The van der Waals surface area contributed by atoms with Gasteiger partial charge in [0.15, 0.2) is 0 Å². The number of benzene rings is 1. The highest BCUT2D eigenvalue weighted by Gasteiger charge is 2.26. The van der Waals surface area contributed by atoms with E-state index in [-0.39, 0.29) is 0 Å². The Morgan fingerprint density at radius 1 is 1.12 bits per heavy atom. The largest absolute Gasteiger partial charge is 0.381 e. The van der Waals surface area contributed by atoms with Gasteiger partial charge in [-0.15, -0.1) is 0 Å². The maximum Gasteiger partial charge on any atom is 0.222 e. The van der Waals surface area contributed by atoms with Gasteiger partial charge in [0.2, 0.25) is 5.91 Å². The van der Waals surface area contributed by atoms with E-state index >= 15 is 0 Å². The summed E-state index contributed by atoms with van der Waals surface area (Å²) in [6.07, 6.45) is 5.31. The standard InChI is InChI=1S/C22H35N3O/c1-17(2)19-6-8-20(9-7-19)23-21-5-4-12-25(16-21)22(26)15-18-10-13-24(3)14-11-18/h6-9,17-18,21,23H,4-5,10-16H2,1-3H3/t21-/m0/s1. The molecule has 2 aliphatic heterocycles. The lowest BCUT2D eigenvalue weighted by molar-refractivity contribution is -0.133. The second-order valence-electron chi connectivity index (χ2n) is 8.55. The minimum Gasteiger partial charge on any atom is -0.381 e. The van der Waals surface area contributed by atoms with Gasteiger partial charge in [-0.3, -0.25) is 4.79 Å². The number of likely N-dealkylation sites (tertiary alicyclic amines) is 2. The van der Waals surface area contributed by atoms with Crippen molar-refractivity contribution >= 4 is 11.6 Å². The molecule has 144 valence electrons. The zero-order valence-corrected chi connectivity index (χ0v) is 16.7. The first kappa shape index (κ1) is 19.2. The van der Waals surface area contributed by atoms with E-state index in [2.05, 4.69) is 60.3 Å². The quantitative estimate of drug-likeness (QED) is 0.867. The van der Waals surface area contributed by atoms with E-state index in [9.17, 15) is 4.79 Å². The molecule has 0 spiro atoms. The lowest BCUT2D eigenvalue weighted by atomic mass is 9.92. The molecule has 1 aromatic carbocycles. The normalized spacial score (nSPS) is 22.6. The van der Waals surface area contributed by atoms with Gasteiger partial charge >= 0.3 is 0 Å². The van der Waals surface area contributed by atoms with Crippen molar-refractivity contribution in [2.24, 2.45) is 5.92 Å². The summed E-state index contributed by atoms with van der Waals surface area (Å²) in [7, 11) is 2.17. The molecule has 1 N–H and O–H groups in total. The Morgan fingerprint density at radius 3 is 2.46 bits per heavy atom. The molecule has 0 aromatic heterocycles. The molecule has 2 fully saturated rings. The summed E-state index contributed by atoms with van der Waals surface area (Å²) in [5, 5.41) is 3.64. The van der Waals surface area contributed by atoms with Gasteiger partial charge in [-0.05, 0) is 75.4 Å². The number of hydrogen-bond donors (Lipinski definition) is 1. The van der Waals surface area contributed by atoms with Crippen LogP contribution in [-0.2, 0) is 4.79 Å². The van der Waals surface area contributed by atoms with E-state index in [0.29, 0.717) is 23.8 Å². The zero-order chi connectivity index (χ0) is 18.5. The molecule has 1 atom stereocenters. The third-order valence-corrected chi connectivity index (χ3v) is 6.02. The van der Waals surface area contributed by atoms with Crippen LogP contribution in [0.15, 0.2) is 24.3 Å². The molecule has 2 aliphatic rings. The molecule has 3 rings (SSSR count). The van der Waals surface area contributed by atoms with Crippen LogP contribution in [0.3, 0.4) is 0 Å². The van der Waals surface area contributed by atoms with Gasteiger partial charge < -0.3 is 15.1 Å². The fraction of sp³-hybridized carbons (Fsp3) is 0.682. The third kappa shape index (κ3) is 5.23. The van der Waals surface area contributed by atoms with Gasteiger partial charge in [0, 0.05) is 31.2 Å². The maximum absolute atomic E-state index is 12.7. The number of carbonyl (C=O) groups excluding carboxylic acids is 1. The van der Waals surface area contributed by atoms with Crippen LogP contribution >= 0.6 is 0 Å². The summed E-state index contributed by atoms with van der Waals surface area (Å²) in [6, 6.07) is 9.14. The van der Waals surface area contributed by atoms with E-state index in [4.69, 9.17) is 0 Å². The average molecular weight is 358 g/mol. The second kappa shape index (κ2) is 8.90. The van der Waals surface area contributed by atoms with E-state index in [1.807, 2.05) is 0 Å². The first-order valence-corrected chi connectivity index (χ1v) is 10.3. The highest BCUT2D eigenvalue weighted by molar-refractivity contribution is 5.76. The number of piperidine rings is 2. The maximum atomic E-state index is 12.7. The molecule has 26 heavy (non-hydrogen) atoms. The van der Waals surface area contributed by atoms with Crippen molar-refractivity contribution in [1.29, 1.82) is 0 Å². The van der Waals surface area contributed by atoms with Crippen LogP contribution in [0.2, 0.25) is 0 Å². The topological polar surface area (TPSA) is 35.6 Å². The summed E-state index contributed by atoms with van der Waals surface area (Å²) in [5.41, 5.74) is 2.54. The number of hydrogen-bond acceptors (Lipinski definition) is 3. The molecule has 1 aromatic rings. The van der Waals surface area contributed by atoms with Crippen LogP contribution in [0.5, 0.6) is 0 Å². The molecule has 0 unspecified atom stereocenters. The molecular weight excluding hydrogens is 322 g/mol. The Bertz CT molecular complexity index is 576. The number of nitrogens with one attached hydrogen (secondary N) is 1. The minimum atomic E-state index is 0.362. The van der Waals surface area contributed by atoms with Crippen LogP contribution in [0, 0.1) is 5.92 Å². The molecule has 0 radical (unpaired) electrons. The number of amides is 1. The molecule has 1 amide bonds. The Morgan fingerprint density at radius 2 is 1.81 bits per heavy atom. The fourth-order valence-electron chi connectivity index (χ4n) is 4.16. The van der Waals surface area contributed by atoms with Crippen molar-refractivity contribution in [3.63, 3.8) is 0 Å². The first-order valence-electron chi connectivity index (χ1n) is 10.3. The third-order valence-electron chi connectivity index (χ3n) is 6.02. The highest BCUT2D eigenvalue weighted by atomic mass is 16.2. The van der Waals surface area contributed by atoms with Gasteiger partial charge in [-0.1, -0.05) is 26.0 Å². The molecule has 2 heterocycles. The van der Waals surface area contributed by atoms with Crippen LogP contribution in [0.4, 0.5) is 5.69 Å². The average Bonchev–Trinajstić information content (AvgIpc) is 2.64. The Kier molecular flexibility index (Phi) is 6.58. The Balaban J connectivity index is 1.49. The summed E-state index contributed by atoms with van der Waals surface area (Å²) in [6.45, 7) is 8.48. The Hall–Kier alpha value is -1.55. The van der Waals surface area contributed by atoms with Crippen molar-refractivity contribution in [1.82, 2.24) is 9.80 Å². The van der Waals surface area contributed by atoms with Crippen LogP contribution in [0.25, 0.3) is 0 Å². The highest BCUT2D eigenvalue weighted by Crippen LogP contribution is 2.23. The van der Waals surface area contributed by atoms with Crippen LogP contribution in [-0.4, -0.2) is 55.0 Å². The monoisotopic (exact) mass is 357 g/mol. The summed E-state index contributed by atoms with van der Waals surface area (Å²) < 4.78 is 0. The van der Waals surface area contributed by atoms with Gasteiger partial charge in [-0.2, -0.15) is 0 Å². The molecular formula is C22H35N3O. The van der Waals surface area contributed by atoms with Gasteiger partial charge in [0.25, 0.3) is 0 Å². The number of rotatable bonds is 5. The van der Waals surface area contributed by atoms with E-state index in [0.717, 1.165) is 45.4 Å². The molecule has 4 nitrogen and oxygen atoms in total. The summed E-state index contributed by atoms with van der Waals surface area (Å²) in [4.78, 5) is 17.2. The van der Waals surface area contributed by atoms with Gasteiger partial charge in [0.05, 0.1) is 0 Å². The van der Waals surface area contributed by atoms with Crippen molar-refractivity contribution in [2.45, 2.75) is 57.9 Å². The van der Waals surface area contributed by atoms with E-state index in [1.54, 1.807) is 0 Å². The number of anilines is 1. The summed E-state index contributed by atoms with van der Waals surface area (Å²) in [5.74, 6) is 1.50. The lowest BCUT2D eigenvalue weighted by Gasteiger charge is -2.35. The molecule has 0 saturated carbocycles. The molecule has 0 bridgehead atoms. The molecule has 2 saturated heterocycles. The van der Waals surface area contributed by atoms with Gasteiger partial charge in [-0.25, -0.2) is 0 Å². The lowest BCUT2D eigenvalue weighted by Crippen LogP contribution is -2.46. The number of carbonyl (C=O) groups is 1. The predicted octanol–water partition coefficient (Wildman–Crippen LogP) is 3.94. The summed E-state index contributed by atoms with van der Waals surface area (Å²) >= 11 is 0. The van der Waals surface area contributed by atoms with E-state index < -0.39 is 0 Å². The minimum absolute atomic E-state index is 0.362. The molecule has 4 heteroatoms. The van der Waals surface area contributed by atoms with E-state index in [1.165, 1.54) is 24.1 Å². The van der Waals surface area contributed by atoms with Crippen molar-refractivity contribution in [3.8, 4) is 0 Å². The van der Waals surface area contributed by atoms with Gasteiger partial charge in [0.1, 0.15) is 0 Å². The zero-order valence-electron chi connectivity index (χ0n) is 16.7. The smallest absolute Gasteiger partial charge is 0.222 e. The Labute approximate surface area is 158 Å². The van der Waals surface area contributed by atoms with Crippen LogP contribution in [0.1, 0.15) is 57.4 Å². The molecule has 0 aliphatic carbocycles.